The molecule has 1 aliphatic carbocycles. The second-order valence-electron chi connectivity index (χ2n) is 5.64. The maximum atomic E-state index is 5.80. The summed E-state index contributed by atoms with van der Waals surface area (Å²) >= 11 is 0. The summed E-state index contributed by atoms with van der Waals surface area (Å²) in [7, 11) is 0. The Morgan fingerprint density at radius 1 is 1.27 bits per heavy atom. The van der Waals surface area contributed by atoms with Crippen LogP contribution in [0.2, 0.25) is 0 Å². The van der Waals surface area contributed by atoms with E-state index in [0.29, 0.717) is 5.41 Å². The molecule has 80 valence electrons. The first-order chi connectivity index (χ1) is 7.06. The van der Waals surface area contributed by atoms with Crippen molar-refractivity contribution in [2.45, 2.75) is 39.4 Å². The average Bonchev–Trinajstić information content (AvgIpc) is 2.63. The summed E-state index contributed by atoms with van der Waals surface area (Å²) in [5.41, 5.74) is 10.1. The van der Waals surface area contributed by atoms with Crippen molar-refractivity contribution in [2.75, 3.05) is 5.73 Å². The molecular weight excluding hydrogens is 184 g/mol. The fourth-order valence-electron chi connectivity index (χ4n) is 2.72. The lowest BCUT2D eigenvalue weighted by molar-refractivity contribution is 0.242. The number of nitrogens with zero attached hydrogens (tertiary/aromatic N) is 1. The zero-order chi connectivity index (χ0) is 10.6. The Kier molecular flexibility index (Phi) is 1.70. The summed E-state index contributed by atoms with van der Waals surface area (Å²) in [6.45, 7) is 6.92. The van der Waals surface area contributed by atoms with Gasteiger partial charge in [-0.3, -0.25) is 4.90 Å². The molecule has 0 radical (unpaired) electrons. The van der Waals surface area contributed by atoms with Gasteiger partial charge < -0.3 is 5.73 Å². The molecule has 2 aliphatic rings. The summed E-state index contributed by atoms with van der Waals surface area (Å²) in [5, 5.41) is 0. The average molecular weight is 202 g/mol. The van der Waals surface area contributed by atoms with Gasteiger partial charge in [-0.15, -0.1) is 0 Å². The van der Waals surface area contributed by atoms with Crippen molar-refractivity contribution >= 4 is 5.69 Å². The van der Waals surface area contributed by atoms with E-state index in [0.717, 1.165) is 24.8 Å². The molecule has 1 aromatic rings. The van der Waals surface area contributed by atoms with E-state index < -0.39 is 0 Å². The van der Waals surface area contributed by atoms with Crippen LogP contribution in [0.15, 0.2) is 18.2 Å². The van der Waals surface area contributed by atoms with Crippen LogP contribution in [0, 0.1) is 5.41 Å². The Labute approximate surface area is 91.1 Å². The van der Waals surface area contributed by atoms with E-state index in [1.165, 1.54) is 17.5 Å². The van der Waals surface area contributed by atoms with Crippen LogP contribution in [0.4, 0.5) is 5.69 Å². The molecule has 1 fully saturated rings. The number of hydrogen-bond acceptors (Lipinski definition) is 2. The highest BCUT2D eigenvalue weighted by Crippen LogP contribution is 2.50. The van der Waals surface area contributed by atoms with Gasteiger partial charge in [-0.25, -0.2) is 0 Å². The first kappa shape index (κ1) is 9.22. The van der Waals surface area contributed by atoms with E-state index in [1.54, 1.807) is 0 Å². The van der Waals surface area contributed by atoms with Crippen molar-refractivity contribution in [1.82, 2.24) is 4.90 Å². The molecule has 1 heterocycles. The van der Waals surface area contributed by atoms with Gasteiger partial charge in [0, 0.05) is 24.8 Å². The van der Waals surface area contributed by atoms with Crippen molar-refractivity contribution < 1.29 is 0 Å². The molecule has 0 spiro atoms. The lowest BCUT2D eigenvalue weighted by Crippen LogP contribution is -2.22. The minimum absolute atomic E-state index is 0.535. The third-order valence-corrected chi connectivity index (χ3v) is 3.88. The molecule has 15 heavy (non-hydrogen) atoms. The molecule has 0 bridgehead atoms. The van der Waals surface area contributed by atoms with Gasteiger partial charge in [0.2, 0.25) is 0 Å². The molecule has 1 saturated carbocycles. The number of rotatable bonds is 1. The van der Waals surface area contributed by atoms with Gasteiger partial charge in [0.15, 0.2) is 0 Å². The van der Waals surface area contributed by atoms with Crippen LogP contribution in [-0.2, 0) is 13.1 Å². The Bertz CT molecular complexity index is 409. The highest BCUT2D eigenvalue weighted by atomic mass is 15.2. The molecule has 2 N–H and O–H groups in total. The molecule has 1 aliphatic heterocycles. The van der Waals surface area contributed by atoms with Crippen molar-refractivity contribution in [1.29, 1.82) is 0 Å². The molecule has 0 aromatic heterocycles. The van der Waals surface area contributed by atoms with Crippen LogP contribution >= 0.6 is 0 Å². The van der Waals surface area contributed by atoms with Crippen LogP contribution in [0.25, 0.3) is 0 Å². The van der Waals surface area contributed by atoms with E-state index in [9.17, 15) is 0 Å². The van der Waals surface area contributed by atoms with Crippen molar-refractivity contribution in [3.8, 4) is 0 Å². The quantitative estimate of drug-likeness (QED) is 0.708. The molecule has 2 heteroatoms. The molecule has 3 rings (SSSR count). The van der Waals surface area contributed by atoms with E-state index in [4.69, 9.17) is 5.73 Å². The van der Waals surface area contributed by atoms with Gasteiger partial charge in [0.25, 0.3) is 0 Å². The van der Waals surface area contributed by atoms with Gasteiger partial charge in [-0.05, 0) is 35.1 Å². The minimum Gasteiger partial charge on any atom is -0.399 e. The predicted molar refractivity (Wildman–Crippen MR) is 62.3 cm³/mol. The molecule has 2 nitrogen and oxygen atoms in total. The number of nitrogen functional groups attached to an aromatic ring is 1. The second-order valence-corrected chi connectivity index (χ2v) is 5.64. The zero-order valence-corrected chi connectivity index (χ0v) is 9.46. The van der Waals surface area contributed by atoms with Crippen molar-refractivity contribution in [3.05, 3.63) is 29.3 Å². The Morgan fingerprint density at radius 2 is 1.93 bits per heavy atom. The smallest absolute Gasteiger partial charge is 0.0317 e. The van der Waals surface area contributed by atoms with Crippen LogP contribution in [0.1, 0.15) is 31.4 Å². The van der Waals surface area contributed by atoms with E-state index in [-0.39, 0.29) is 0 Å². The van der Waals surface area contributed by atoms with Gasteiger partial charge in [0.1, 0.15) is 0 Å². The monoisotopic (exact) mass is 202 g/mol. The van der Waals surface area contributed by atoms with Crippen LogP contribution < -0.4 is 5.73 Å². The minimum atomic E-state index is 0.535. The molecular formula is C13H18N2. The topological polar surface area (TPSA) is 29.3 Å². The number of benzene rings is 1. The molecule has 1 aromatic carbocycles. The third-order valence-electron chi connectivity index (χ3n) is 3.88. The van der Waals surface area contributed by atoms with Crippen molar-refractivity contribution in [3.63, 3.8) is 0 Å². The summed E-state index contributed by atoms with van der Waals surface area (Å²) in [5.74, 6) is 0. The molecule has 1 atom stereocenters. The lowest BCUT2D eigenvalue weighted by Gasteiger charge is -2.16. The van der Waals surface area contributed by atoms with Gasteiger partial charge in [-0.1, -0.05) is 19.9 Å². The van der Waals surface area contributed by atoms with E-state index in [1.807, 2.05) is 6.07 Å². The lowest BCUT2D eigenvalue weighted by atomic mass is 10.1. The van der Waals surface area contributed by atoms with Crippen LogP contribution in [-0.4, -0.2) is 10.9 Å². The molecule has 1 unspecified atom stereocenters. The van der Waals surface area contributed by atoms with Gasteiger partial charge in [0.05, 0.1) is 0 Å². The predicted octanol–water partition coefficient (Wildman–Crippen LogP) is 2.38. The summed E-state index contributed by atoms with van der Waals surface area (Å²) in [4.78, 5) is 2.59. The summed E-state index contributed by atoms with van der Waals surface area (Å²) < 4.78 is 0. The van der Waals surface area contributed by atoms with Gasteiger partial charge in [-0.2, -0.15) is 0 Å². The first-order valence-electron chi connectivity index (χ1n) is 5.67. The largest absolute Gasteiger partial charge is 0.399 e. The maximum absolute atomic E-state index is 5.80. The summed E-state index contributed by atoms with van der Waals surface area (Å²) in [6.07, 6.45) is 1.34. The Morgan fingerprint density at radius 3 is 2.60 bits per heavy atom. The molecule has 0 amide bonds. The normalized spacial score (nSPS) is 27.7. The SMILES string of the molecule is CC1(C)CC1N1Cc2ccc(N)cc2C1. The van der Waals surface area contributed by atoms with Gasteiger partial charge >= 0.3 is 0 Å². The van der Waals surface area contributed by atoms with E-state index in [2.05, 4.69) is 30.9 Å². The fraction of sp³-hybridized carbons (Fsp3) is 0.538. The highest BCUT2D eigenvalue weighted by Gasteiger charge is 2.50. The summed E-state index contributed by atoms with van der Waals surface area (Å²) in [6, 6.07) is 7.11. The third kappa shape index (κ3) is 1.44. The zero-order valence-electron chi connectivity index (χ0n) is 9.46. The number of anilines is 1. The standard InChI is InChI=1S/C13H18N2/c1-13(2)6-12(13)15-7-9-3-4-11(14)5-10(9)8-15/h3-5,12H,6-8,14H2,1-2H3. The second kappa shape index (κ2) is 2.76. The Balaban J connectivity index is 1.81. The van der Waals surface area contributed by atoms with Crippen LogP contribution in [0.5, 0.6) is 0 Å². The highest BCUT2D eigenvalue weighted by molar-refractivity contribution is 5.46. The van der Waals surface area contributed by atoms with Crippen LogP contribution in [0.3, 0.4) is 0 Å². The van der Waals surface area contributed by atoms with Crippen molar-refractivity contribution in [2.24, 2.45) is 5.41 Å². The Hall–Kier alpha value is -1.02. The number of fused-ring (bicyclic) bond motifs is 1. The first-order valence-corrected chi connectivity index (χ1v) is 5.67. The number of nitrogens with two attached hydrogens (primary N) is 1. The maximum Gasteiger partial charge on any atom is 0.0317 e. The molecule has 0 saturated heterocycles. The fourth-order valence-corrected chi connectivity index (χ4v) is 2.72. The van der Waals surface area contributed by atoms with E-state index >= 15 is 0 Å². The number of hydrogen-bond donors (Lipinski definition) is 1.